The summed E-state index contributed by atoms with van der Waals surface area (Å²) < 4.78 is 21.4. The van der Waals surface area contributed by atoms with Gasteiger partial charge in [-0.15, -0.1) is 0 Å². The minimum absolute atomic E-state index is 0.0560. The fourth-order valence-corrected chi connectivity index (χ4v) is 3.88. The first-order valence-electron chi connectivity index (χ1n) is 8.59. The maximum atomic E-state index is 12.5. The van der Waals surface area contributed by atoms with Gasteiger partial charge >= 0.3 is 5.97 Å². The molecule has 0 unspecified atom stereocenters. The van der Waals surface area contributed by atoms with Gasteiger partial charge in [-0.25, -0.2) is 4.79 Å². The van der Waals surface area contributed by atoms with E-state index in [4.69, 9.17) is 37.4 Å². The number of rotatable bonds is 5. The van der Waals surface area contributed by atoms with Gasteiger partial charge in [-0.1, -0.05) is 23.2 Å². The highest BCUT2D eigenvalue weighted by Gasteiger charge is 2.41. The number of ketones is 1. The number of benzene rings is 1. The predicted octanol–water partition coefficient (Wildman–Crippen LogP) is 3.37. The van der Waals surface area contributed by atoms with Gasteiger partial charge in [0.05, 0.1) is 30.9 Å². The van der Waals surface area contributed by atoms with Crippen LogP contribution in [-0.4, -0.2) is 49.6 Å². The number of halogens is 2. The van der Waals surface area contributed by atoms with Crippen LogP contribution >= 0.6 is 23.2 Å². The number of carbonyl (C=O) groups is 2. The molecule has 0 bridgehead atoms. The Morgan fingerprint density at radius 3 is 2.48 bits per heavy atom. The van der Waals surface area contributed by atoms with Crippen molar-refractivity contribution < 1.29 is 33.6 Å². The second-order valence-electron chi connectivity index (χ2n) is 6.53. The summed E-state index contributed by atoms with van der Waals surface area (Å²) in [6, 6.07) is 1.18. The van der Waals surface area contributed by atoms with Crippen molar-refractivity contribution in [2.45, 2.75) is 31.5 Å². The molecule has 1 aromatic carbocycles. The van der Waals surface area contributed by atoms with Crippen molar-refractivity contribution >= 4 is 35.0 Å². The SMILES string of the molecule is COC(=O)c1cc(Cl)c(O)c(OCC(=O)C2CCC3(CC2)OCCO3)c1Cl. The van der Waals surface area contributed by atoms with Crippen LogP contribution in [0.15, 0.2) is 6.07 Å². The maximum Gasteiger partial charge on any atom is 0.339 e. The Morgan fingerprint density at radius 1 is 1.26 bits per heavy atom. The van der Waals surface area contributed by atoms with E-state index in [1.807, 2.05) is 0 Å². The average Bonchev–Trinajstić information content (AvgIpc) is 3.12. The molecule has 1 heterocycles. The lowest BCUT2D eigenvalue weighted by Gasteiger charge is -2.34. The first-order valence-corrected chi connectivity index (χ1v) is 9.35. The number of hydrogen-bond acceptors (Lipinski definition) is 7. The molecule has 0 atom stereocenters. The van der Waals surface area contributed by atoms with Crippen LogP contribution in [0.1, 0.15) is 36.0 Å². The minimum atomic E-state index is -0.729. The zero-order valence-electron chi connectivity index (χ0n) is 14.8. The van der Waals surface area contributed by atoms with E-state index in [9.17, 15) is 14.7 Å². The third-order valence-corrected chi connectivity index (χ3v) is 5.59. The molecule has 1 saturated carbocycles. The second-order valence-corrected chi connectivity index (χ2v) is 7.31. The normalized spacial score (nSPS) is 19.2. The zero-order chi connectivity index (χ0) is 19.6. The molecule has 1 aliphatic carbocycles. The van der Waals surface area contributed by atoms with Crippen LogP contribution in [0.2, 0.25) is 10.0 Å². The Morgan fingerprint density at radius 2 is 1.89 bits per heavy atom. The van der Waals surface area contributed by atoms with E-state index in [1.54, 1.807) is 0 Å². The van der Waals surface area contributed by atoms with E-state index < -0.39 is 17.5 Å². The highest BCUT2D eigenvalue weighted by atomic mass is 35.5. The van der Waals surface area contributed by atoms with Crippen LogP contribution in [-0.2, 0) is 19.0 Å². The van der Waals surface area contributed by atoms with Gasteiger partial charge < -0.3 is 24.1 Å². The Balaban J connectivity index is 1.65. The number of Topliss-reactive ketones (excluding diaryl/α,β-unsaturated/α-hetero) is 1. The first-order chi connectivity index (χ1) is 12.9. The summed E-state index contributed by atoms with van der Waals surface area (Å²) in [7, 11) is 1.19. The lowest BCUT2D eigenvalue weighted by molar-refractivity contribution is -0.183. The van der Waals surface area contributed by atoms with Crippen LogP contribution < -0.4 is 4.74 Å². The van der Waals surface area contributed by atoms with Gasteiger partial charge in [0.2, 0.25) is 0 Å². The molecule has 27 heavy (non-hydrogen) atoms. The lowest BCUT2D eigenvalue weighted by Crippen LogP contribution is -2.38. The van der Waals surface area contributed by atoms with Gasteiger partial charge in [0.25, 0.3) is 0 Å². The molecule has 3 rings (SSSR count). The number of esters is 1. The molecule has 0 amide bonds. The highest BCUT2D eigenvalue weighted by Crippen LogP contribution is 2.43. The number of methoxy groups -OCH3 is 1. The van der Waals surface area contributed by atoms with Crippen molar-refractivity contribution in [3.8, 4) is 11.5 Å². The Labute approximate surface area is 166 Å². The average molecular weight is 419 g/mol. The fraction of sp³-hybridized carbons (Fsp3) is 0.556. The molecule has 2 fully saturated rings. The van der Waals surface area contributed by atoms with Crippen molar-refractivity contribution in [3.05, 3.63) is 21.7 Å². The van der Waals surface area contributed by atoms with E-state index >= 15 is 0 Å². The molecule has 2 aliphatic rings. The largest absolute Gasteiger partial charge is 0.503 e. The summed E-state index contributed by atoms with van der Waals surface area (Å²) in [6.45, 7) is 0.862. The molecular weight excluding hydrogens is 399 g/mol. The Bertz CT molecular complexity index is 734. The summed E-state index contributed by atoms with van der Waals surface area (Å²) in [6.07, 6.45) is 2.56. The van der Waals surface area contributed by atoms with Gasteiger partial charge in [0.15, 0.2) is 23.1 Å². The molecule has 148 valence electrons. The van der Waals surface area contributed by atoms with Crippen molar-refractivity contribution in [1.29, 1.82) is 0 Å². The van der Waals surface area contributed by atoms with Crippen LogP contribution in [0.5, 0.6) is 11.5 Å². The van der Waals surface area contributed by atoms with Gasteiger partial charge in [-0.2, -0.15) is 0 Å². The topological polar surface area (TPSA) is 91.3 Å². The van der Waals surface area contributed by atoms with Gasteiger partial charge in [-0.3, -0.25) is 4.79 Å². The Kier molecular flexibility index (Phi) is 6.15. The molecule has 1 saturated heterocycles. The molecule has 0 radical (unpaired) electrons. The van der Waals surface area contributed by atoms with Crippen LogP contribution in [0.3, 0.4) is 0 Å². The monoisotopic (exact) mass is 418 g/mol. The molecule has 1 aliphatic heterocycles. The zero-order valence-corrected chi connectivity index (χ0v) is 16.3. The third-order valence-electron chi connectivity index (χ3n) is 4.93. The second kappa shape index (κ2) is 8.22. The Hall–Kier alpha value is -1.54. The van der Waals surface area contributed by atoms with E-state index in [0.717, 1.165) is 0 Å². The van der Waals surface area contributed by atoms with Crippen molar-refractivity contribution in [1.82, 2.24) is 0 Å². The van der Waals surface area contributed by atoms with Gasteiger partial charge in [-0.05, 0) is 18.9 Å². The standard InChI is InChI=1S/C18H20Cl2O7/c1-24-17(23)11-8-12(19)15(22)16(14(11)20)25-9-13(21)10-2-4-18(5-3-10)26-6-7-27-18/h8,10,22H,2-7,9H2,1H3. The van der Waals surface area contributed by atoms with Crippen LogP contribution in [0.4, 0.5) is 0 Å². The summed E-state index contributed by atoms with van der Waals surface area (Å²) >= 11 is 12.0. The fourth-order valence-electron chi connectivity index (χ4n) is 3.41. The number of phenolic OH excluding ortho intramolecular Hbond substituents is 1. The number of hydrogen-bond donors (Lipinski definition) is 1. The summed E-state index contributed by atoms with van der Waals surface area (Å²) in [5, 5.41) is 9.79. The van der Waals surface area contributed by atoms with E-state index in [1.165, 1.54) is 13.2 Å². The molecule has 7 nitrogen and oxygen atoms in total. The minimum Gasteiger partial charge on any atom is -0.503 e. The van der Waals surface area contributed by atoms with E-state index in [2.05, 4.69) is 4.74 Å². The maximum absolute atomic E-state index is 12.5. The summed E-state index contributed by atoms with van der Waals surface area (Å²) in [4.78, 5) is 24.3. The summed E-state index contributed by atoms with van der Waals surface area (Å²) in [5.41, 5.74) is -0.0560. The smallest absolute Gasteiger partial charge is 0.339 e. The molecular formula is C18H20Cl2O7. The molecule has 1 spiro atoms. The summed E-state index contributed by atoms with van der Waals surface area (Å²) in [5.74, 6) is -2.24. The van der Waals surface area contributed by atoms with E-state index in [-0.39, 0.29) is 39.7 Å². The van der Waals surface area contributed by atoms with Crippen LogP contribution in [0.25, 0.3) is 0 Å². The van der Waals surface area contributed by atoms with Crippen molar-refractivity contribution in [3.63, 3.8) is 0 Å². The van der Waals surface area contributed by atoms with E-state index in [0.29, 0.717) is 38.9 Å². The van der Waals surface area contributed by atoms with Gasteiger partial charge in [0.1, 0.15) is 11.6 Å². The number of aromatic hydroxyl groups is 1. The molecule has 0 aromatic heterocycles. The quantitative estimate of drug-likeness (QED) is 0.732. The lowest BCUT2D eigenvalue weighted by atomic mass is 9.83. The first kappa shape index (κ1) is 20.2. The van der Waals surface area contributed by atoms with Crippen molar-refractivity contribution in [2.24, 2.45) is 5.92 Å². The number of carbonyl (C=O) groups excluding carboxylic acids is 2. The number of ether oxygens (including phenoxy) is 4. The molecule has 1 aromatic rings. The third kappa shape index (κ3) is 4.16. The number of phenols is 1. The molecule has 1 N–H and O–H groups in total. The highest BCUT2D eigenvalue weighted by molar-refractivity contribution is 6.38. The van der Waals surface area contributed by atoms with Crippen molar-refractivity contribution in [2.75, 3.05) is 26.9 Å². The predicted molar refractivity (Wildman–Crippen MR) is 96.6 cm³/mol. The molecule has 9 heteroatoms. The van der Waals surface area contributed by atoms with Gasteiger partial charge in [0, 0.05) is 18.8 Å². The van der Waals surface area contributed by atoms with Crippen LogP contribution in [0, 0.1) is 5.92 Å².